The Labute approximate surface area is 675 Å². The van der Waals surface area contributed by atoms with Crippen LogP contribution < -0.4 is 21.3 Å². The first-order chi connectivity index (χ1) is 55.3. The van der Waals surface area contributed by atoms with E-state index in [1.165, 1.54) is 41.5 Å². The van der Waals surface area contributed by atoms with Crippen molar-refractivity contribution >= 4 is 83.1 Å². The second kappa shape index (κ2) is 48.6. The molecule has 0 radical (unpaired) electrons. The maximum absolute atomic E-state index is 15.0. The van der Waals surface area contributed by atoms with Crippen molar-refractivity contribution in [2.24, 2.45) is 17.8 Å². The molecule has 116 heavy (non-hydrogen) atoms. The highest BCUT2D eigenvalue weighted by Crippen LogP contribution is 2.43. The van der Waals surface area contributed by atoms with Crippen LogP contribution in [-0.2, 0) is 139 Å². The third-order valence-corrected chi connectivity index (χ3v) is 19.6. The van der Waals surface area contributed by atoms with Crippen LogP contribution in [0.5, 0.6) is 0 Å². The molecule has 3 saturated heterocycles. The van der Waals surface area contributed by atoms with Gasteiger partial charge in [-0.15, -0.1) is 0 Å². The molecule has 34 heteroatoms. The second-order valence-electron chi connectivity index (χ2n) is 28.7. The molecule has 0 aliphatic carbocycles. The molecule has 6 rings (SSSR count). The largest absolute Gasteiger partial charge is 0.465 e. The van der Waals surface area contributed by atoms with E-state index in [1.807, 2.05) is 91.0 Å². The second-order valence-corrected chi connectivity index (χ2v) is 28.7. The van der Waals surface area contributed by atoms with E-state index in [9.17, 15) is 67.1 Å². The van der Waals surface area contributed by atoms with E-state index in [-0.39, 0.29) is 129 Å². The summed E-state index contributed by atoms with van der Waals surface area (Å²) in [5, 5.41) is 11.6. The minimum atomic E-state index is -1.22. The Hall–Kier alpha value is -9.84. The lowest BCUT2D eigenvalue weighted by atomic mass is 9.75. The summed E-state index contributed by atoms with van der Waals surface area (Å²) in [5.74, 6) is -9.60. The Morgan fingerprint density at radius 2 is 0.793 bits per heavy atom. The smallest absolute Gasteiger partial charge is 0.306 e. The number of unbranched alkanes of at least 4 members (excludes halogenated alkanes) is 2. The molecule has 3 aromatic rings. The number of nitrogens with zero attached hydrogens (tertiary/aromatic N) is 2. The molecular weight excluding hydrogens is 1520 g/mol. The van der Waals surface area contributed by atoms with Crippen LogP contribution in [0.1, 0.15) is 158 Å². The van der Waals surface area contributed by atoms with Gasteiger partial charge in [0.2, 0.25) is 29.5 Å². The number of hydrogen-bond donors (Lipinski definition) is 4. The van der Waals surface area contributed by atoms with Crippen LogP contribution in [0.25, 0.3) is 0 Å². The van der Waals surface area contributed by atoms with Crippen molar-refractivity contribution in [3.05, 3.63) is 108 Å². The molecule has 3 fully saturated rings. The van der Waals surface area contributed by atoms with Crippen molar-refractivity contribution in [3.63, 3.8) is 0 Å². The zero-order chi connectivity index (χ0) is 85.0. The Morgan fingerprint density at radius 3 is 1.23 bits per heavy atom. The highest BCUT2D eigenvalue weighted by Gasteiger charge is 2.51. The Bertz CT molecular complexity index is 3620. The van der Waals surface area contributed by atoms with Crippen molar-refractivity contribution < 1.29 is 133 Å². The van der Waals surface area contributed by atoms with Crippen molar-refractivity contribution in [3.8, 4) is 0 Å². The molecule has 4 N–H and O–H groups in total. The molecule has 5 amide bonds. The number of Topliss-reactive ketones (excluding diaryl/α,β-unsaturated/α-hetero) is 1. The number of ketones is 1. The van der Waals surface area contributed by atoms with Gasteiger partial charge in [0, 0.05) is 152 Å². The zero-order valence-electron chi connectivity index (χ0n) is 68.2. The van der Waals surface area contributed by atoms with Crippen LogP contribution in [0.4, 0.5) is 0 Å². The van der Waals surface area contributed by atoms with E-state index in [4.69, 9.17) is 66.3 Å². The fourth-order valence-electron chi connectivity index (χ4n) is 14.2. The molecule has 640 valence electrons. The van der Waals surface area contributed by atoms with Gasteiger partial charge in [-0.1, -0.05) is 112 Å². The number of nitrogens with one attached hydrogen (secondary N) is 4. The monoisotopic (exact) mass is 1630 g/mol. The number of carbonyl (C=O) groups is 14. The summed E-state index contributed by atoms with van der Waals surface area (Å²) in [5.41, 5.74) is 1.52. The van der Waals surface area contributed by atoms with Crippen molar-refractivity contribution in [2.75, 3.05) is 85.5 Å². The lowest BCUT2D eigenvalue weighted by Gasteiger charge is -2.46. The quantitative estimate of drug-likeness (QED) is 0.0261. The number of rotatable bonds is 46. The van der Waals surface area contributed by atoms with Gasteiger partial charge in [0.15, 0.2) is 30.8 Å². The summed E-state index contributed by atoms with van der Waals surface area (Å²) in [6, 6.07) is 27.9. The number of carbonyl (C=O) groups excluding carboxylic acids is 14. The molecule has 3 aromatic carbocycles. The fraction of sp³-hybridized carbons (Fsp3) is 0.610. The van der Waals surface area contributed by atoms with E-state index in [1.54, 1.807) is 25.7 Å². The van der Waals surface area contributed by atoms with Crippen LogP contribution >= 0.6 is 0 Å². The summed E-state index contributed by atoms with van der Waals surface area (Å²) in [6.45, 7) is 14.9. The number of benzene rings is 3. The summed E-state index contributed by atoms with van der Waals surface area (Å²) in [7, 11) is 0. The minimum Gasteiger partial charge on any atom is -0.465 e. The highest BCUT2D eigenvalue weighted by atomic mass is 16.7. The Morgan fingerprint density at radius 1 is 0.388 bits per heavy atom. The van der Waals surface area contributed by atoms with Gasteiger partial charge in [0.25, 0.3) is 0 Å². The molecule has 3 aliphatic rings. The molecule has 0 bridgehead atoms. The maximum atomic E-state index is 15.0. The third kappa shape index (κ3) is 30.7. The summed E-state index contributed by atoms with van der Waals surface area (Å²) in [6.07, 6.45) is -10.1. The first-order valence-electron chi connectivity index (χ1n) is 39.1. The van der Waals surface area contributed by atoms with Gasteiger partial charge in [-0.05, 0) is 42.4 Å². The average molecular weight is 1630 g/mol. The summed E-state index contributed by atoms with van der Waals surface area (Å²) >= 11 is 0. The van der Waals surface area contributed by atoms with E-state index in [0.717, 1.165) is 37.5 Å². The van der Waals surface area contributed by atoms with Crippen LogP contribution in [0, 0.1) is 17.8 Å². The molecular formula is C82H114N6O28. The van der Waals surface area contributed by atoms with Gasteiger partial charge in [0.1, 0.15) is 69.7 Å². The normalized spacial score (nSPS) is 23.0. The first-order valence-corrected chi connectivity index (χ1v) is 39.1. The van der Waals surface area contributed by atoms with Crippen LogP contribution in [0.2, 0.25) is 0 Å². The minimum absolute atomic E-state index is 0.00801. The van der Waals surface area contributed by atoms with E-state index < -0.39 is 176 Å². The Balaban J connectivity index is 1.17. The van der Waals surface area contributed by atoms with Gasteiger partial charge >= 0.3 is 47.8 Å². The van der Waals surface area contributed by atoms with E-state index in [2.05, 4.69) is 26.2 Å². The van der Waals surface area contributed by atoms with Crippen LogP contribution in [0.15, 0.2) is 91.0 Å². The highest BCUT2D eigenvalue weighted by molar-refractivity contribution is 5.84. The molecule has 0 saturated carbocycles. The molecule has 34 nitrogen and oxygen atoms in total. The first kappa shape index (κ1) is 95.0. The predicted molar refractivity (Wildman–Crippen MR) is 410 cm³/mol. The van der Waals surface area contributed by atoms with Gasteiger partial charge in [0.05, 0.1) is 30.5 Å². The van der Waals surface area contributed by atoms with Crippen molar-refractivity contribution in [1.82, 2.24) is 31.1 Å². The third-order valence-electron chi connectivity index (χ3n) is 19.6. The molecule has 6 unspecified atom stereocenters. The van der Waals surface area contributed by atoms with Crippen LogP contribution in [0.3, 0.4) is 0 Å². The lowest BCUT2D eigenvalue weighted by molar-refractivity contribution is -0.287. The van der Waals surface area contributed by atoms with Gasteiger partial charge < -0.3 is 92.5 Å². The summed E-state index contributed by atoms with van der Waals surface area (Å²) < 4.78 is 79.7. The van der Waals surface area contributed by atoms with Crippen molar-refractivity contribution in [1.29, 1.82) is 0 Å². The molecule has 0 spiro atoms. The zero-order valence-corrected chi connectivity index (χ0v) is 68.2. The van der Waals surface area contributed by atoms with E-state index >= 15 is 0 Å². The topological polar surface area (TPSA) is 423 Å². The number of hydrogen-bond acceptors (Lipinski definition) is 29. The molecule has 15 atom stereocenters. The van der Waals surface area contributed by atoms with Gasteiger partial charge in [-0.3, -0.25) is 72.0 Å². The molecule has 3 aliphatic heterocycles. The standard InChI is InChI=1S/C82H114N6O28/c1-50-73(85-53(4)89)80(115-66(47-106-55(6)91)75(50)110-58(9)94)104-43-24-22-32-69(99)84-38-40-88(82(62-26-16-13-17-27-62,63-28-18-14-19-29-63)64-30-20-15-21-31-64)42-41-87(71(101)33-23-25-44-105-81-74(86-54(5)90)51(2)76(111-59(10)95)67(116-81)48-107-56(7)92)39-37-83-70(100)36-45-103-72(102)35-34-65(98)46-109-79-52(3)77(112-60(11)96)78(113-61(12)97)68(114-79)49-108-57(8)93/h13-21,26-31,50-52,66-68,73-81H,22-25,32-49H2,1-12H3,(H,83,100)(H,84,99)(H,85,89)(H,86,90)/t50-,51+,52?,66?,67?,68?,73?,74?,75-,76+,77-,78-,79-,80-,81+/m1/s1. The predicted octanol–water partition coefficient (Wildman–Crippen LogP) is 4.52. The molecule has 3 heterocycles. The van der Waals surface area contributed by atoms with Gasteiger partial charge in [-0.2, -0.15) is 0 Å². The van der Waals surface area contributed by atoms with Gasteiger partial charge in [-0.25, -0.2) is 0 Å². The number of amides is 5. The maximum Gasteiger partial charge on any atom is 0.306 e. The number of ether oxygens (including phenoxy) is 14. The van der Waals surface area contributed by atoms with E-state index in [0.29, 0.717) is 19.3 Å². The lowest BCUT2D eigenvalue weighted by Crippen LogP contribution is -2.62. The molecule has 0 aromatic heterocycles. The number of esters is 8. The SMILES string of the molecule is CC(=O)NC1[C@H](OCCCCC(=O)NCCN(CCN(CCNC(=O)CCOC(=O)CCC(=O)CO[C@@H]2OC(COC(C)=O)[C@@H](OC(C)=O)[C@H](OC(C)=O)C2C)C(=O)CCCCO[C@H]2OC(COC(C)=O)[C@@H](OC(C)=O)[C@@H](C)C2NC(C)=O)C(c2ccccc2)(c2ccccc2)c2ccccc2)OC(COC(C)=O)[C@H](OC(C)=O)[C@@H]1C. The average Bonchev–Trinajstić information content (AvgIpc) is 0.738. The summed E-state index contributed by atoms with van der Waals surface area (Å²) in [4.78, 5) is 182. The Kier molecular flexibility index (Phi) is 39.8. The fourth-order valence-corrected chi connectivity index (χ4v) is 14.2. The van der Waals surface area contributed by atoms with Crippen LogP contribution in [-0.4, -0.2) is 252 Å². The van der Waals surface area contributed by atoms with Crippen molar-refractivity contribution in [2.45, 2.75) is 220 Å².